The van der Waals surface area contributed by atoms with E-state index in [1.165, 1.54) is 22.5 Å². The van der Waals surface area contributed by atoms with Gasteiger partial charge in [-0.15, -0.1) is 0 Å². The molecule has 0 N–H and O–H groups in total. The smallest absolute Gasteiger partial charge is 0.127 e. The third-order valence-electron chi connectivity index (χ3n) is 6.56. The normalized spacial score (nSPS) is 26.6. The Morgan fingerprint density at radius 1 is 0.636 bits per heavy atom. The Morgan fingerprint density at radius 3 is 1.24 bits per heavy atom. The van der Waals surface area contributed by atoms with Gasteiger partial charge in [0.05, 0.1) is 50.8 Å². The van der Waals surface area contributed by atoms with E-state index in [-0.39, 0.29) is 0 Å². The fourth-order valence-corrected chi connectivity index (χ4v) is 4.45. The minimum atomic E-state index is 0.345. The van der Waals surface area contributed by atoms with E-state index in [4.69, 9.17) is 23.7 Å². The molecule has 4 fully saturated rings. The SMILES string of the molecule is Cc1cc(Oc2ccc(N(CC3CO3)CC3CO3)c(C)c2)ccc1N(CC1CO1)CC1CO1. The van der Waals surface area contributed by atoms with Crippen LogP contribution in [0.3, 0.4) is 0 Å². The summed E-state index contributed by atoms with van der Waals surface area (Å²) in [5.74, 6) is 1.70. The second-order valence-corrected chi connectivity index (χ2v) is 9.63. The molecule has 4 heterocycles. The molecule has 7 heteroatoms. The molecule has 4 aliphatic rings. The van der Waals surface area contributed by atoms with E-state index in [0.717, 1.165) is 64.1 Å². The Balaban J connectivity index is 1.15. The van der Waals surface area contributed by atoms with Crippen LogP contribution < -0.4 is 14.5 Å². The lowest BCUT2D eigenvalue weighted by molar-refractivity contribution is 0.388. The fraction of sp³-hybridized carbons (Fsp3) is 0.538. The molecule has 4 atom stereocenters. The number of nitrogens with zero attached hydrogens (tertiary/aromatic N) is 2. The Bertz CT molecular complexity index is 891. The van der Waals surface area contributed by atoms with Gasteiger partial charge >= 0.3 is 0 Å². The van der Waals surface area contributed by atoms with Crippen molar-refractivity contribution >= 4 is 11.4 Å². The van der Waals surface area contributed by atoms with Crippen molar-refractivity contribution in [3.8, 4) is 11.5 Å². The van der Waals surface area contributed by atoms with Crippen LogP contribution in [0.5, 0.6) is 11.5 Å². The molecule has 4 saturated heterocycles. The van der Waals surface area contributed by atoms with Gasteiger partial charge in [0.2, 0.25) is 0 Å². The molecule has 0 radical (unpaired) electrons. The zero-order chi connectivity index (χ0) is 22.4. The quantitative estimate of drug-likeness (QED) is 0.458. The molecule has 0 saturated carbocycles. The van der Waals surface area contributed by atoms with Gasteiger partial charge in [-0.3, -0.25) is 0 Å². The summed E-state index contributed by atoms with van der Waals surface area (Å²) < 4.78 is 28.1. The van der Waals surface area contributed by atoms with Gasteiger partial charge in [-0.25, -0.2) is 0 Å². The number of hydrogen-bond acceptors (Lipinski definition) is 7. The van der Waals surface area contributed by atoms with Crippen LogP contribution in [-0.4, -0.2) is 77.0 Å². The van der Waals surface area contributed by atoms with E-state index in [0.29, 0.717) is 24.4 Å². The van der Waals surface area contributed by atoms with Crippen LogP contribution in [0, 0.1) is 13.8 Å². The van der Waals surface area contributed by atoms with Crippen LogP contribution in [0.1, 0.15) is 11.1 Å². The summed E-state index contributed by atoms with van der Waals surface area (Å²) in [6, 6.07) is 12.7. The fourth-order valence-electron chi connectivity index (χ4n) is 4.45. The highest BCUT2D eigenvalue weighted by atomic mass is 16.6. The predicted octanol–water partition coefficient (Wildman–Crippen LogP) is 3.30. The van der Waals surface area contributed by atoms with Gasteiger partial charge in [-0.05, 0) is 61.4 Å². The molecule has 0 amide bonds. The average Bonchev–Trinajstić information content (AvgIpc) is 3.58. The first-order valence-corrected chi connectivity index (χ1v) is 12.0. The first kappa shape index (κ1) is 21.2. The van der Waals surface area contributed by atoms with Gasteiger partial charge in [-0.2, -0.15) is 0 Å². The van der Waals surface area contributed by atoms with E-state index in [2.05, 4.69) is 60.0 Å². The molecule has 2 aromatic carbocycles. The standard InChI is InChI=1S/C26H32N2O5/c1-17-7-19(3-5-25(17)27(9-21-13-29-21)10-22-14-30-22)33-20-4-6-26(18(2)8-20)28(11-23-15-31-23)12-24-16-32-24/h3-8,21-24H,9-16H2,1-2H3. The van der Waals surface area contributed by atoms with Crippen LogP contribution in [0.4, 0.5) is 11.4 Å². The zero-order valence-electron chi connectivity index (χ0n) is 19.4. The van der Waals surface area contributed by atoms with Gasteiger partial charge in [0.25, 0.3) is 0 Å². The lowest BCUT2D eigenvalue weighted by Gasteiger charge is -2.26. The first-order chi connectivity index (χ1) is 16.1. The van der Waals surface area contributed by atoms with E-state index in [1.807, 2.05) is 0 Å². The highest BCUT2D eigenvalue weighted by Gasteiger charge is 2.32. The van der Waals surface area contributed by atoms with Crippen LogP contribution >= 0.6 is 0 Å². The molecule has 33 heavy (non-hydrogen) atoms. The number of epoxide rings is 4. The molecule has 4 unspecified atom stereocenters. The molecule has 176 valence electrons. The largest absolute Gasteiger partial charge is 0.457 e. The molecule has 7 nitrogen and oxygen atoms in total. The molecule has 0 aliphatic carbocycles. The van der Waals surface area contributed by atoms with Crippen molar-refractivity contribution in [3.63, 3.8) is 0 Å². The number of anilines is 2. The van der Waals surface area contributed by atoms with Gasteiger partial charge in [0.15, 0.2) is 0 Å². The maximum atomic E-state index is 6.25. The topological polar surface area (TPSA) is 65.8 Å². The second-order valence-electron chi connectivity index (χ2n) is 9.63. The number of rotatable bonds is 12. The van der Waals surface area contributed by atoms with Crippen molar-refractivity contribution in [1.29, 1.82) is 0 Å². The van der Waals surface area contributed by atoms with Crippen molar-refractivity contribution in [3.05, 3.63) is 47.5 Å². The summed E-state index contributed by atoms with van der Waals surface area (Å²) in [6.07, 6.45) is 1.38. The van der Waals surface area contributed by atoms with E-state index in [9.17, 15) is 0 Å². The lowest BCUT2D eigenvalue weighted by Crippen LogP contribution is -2.32. The third-order valence-corrected chi connectivity index (χ3v) is 6.56. The Kier molecular flexibility index (Phi) is 5.66. The van der Waals surface area contributed by atoms with Crippen LogP contribution in [0.15, 0.2) is 36.4 Å². The lowest BCUT2D eigenvalue weighted by atomic mass is 10.1. The second kappa shape index (κ2) is 8.80. The van der Waals surface area contributed by atoms with E-state index < -0.39 is 0 Å². The number of ether oxygens (including phenoxy) is 5. The van der Waals surface area contributed by atoms with Gasteiger partial charge < -0.3 is 33.5 Å². The molecule has 0 aromatic heterocycles. The average molecular weight is 453 g/mol. The van der Waals surface area contributed by atoms with Gasteiger partial charge in [-0.1, -0.05) is 0 Å². The summed E-state index contributed by atoms with van der Waals surface area (Å²) in [4.78, 5) is 4.77. The van der Waals surface area contributed by atoms with Crippen molar-refractivity contribution in [2.45, 2.75) is 38.3 Å². The summed E-state index contributed by atoms with van der Waals surface area (Å²) in [5, 5.41) is 0. The summed E-state index contributed by atoms with van der Waals surface area (Å²) >= 11 is 0. The monoisotopic (exact) mass is 452 g/mol. The molecule has 6 rings (SSSR count). The van der Waals surface area contributed by atoms with Crippen LogP contribution in [0.2, 0.25) is 0 Å². The summed E-state index contributed by atoms with van der Waals surface area (Å²) in [5.41, 5.74) is 4.84. The molecular formula is C26H32N2O5. The minimum Gasteiger partial charge on any atom is -0.457 e. The van der Waals surface area contributed by atoms with Gasteiger partial charge in [0.1, 0.15) is 11.5 Å². The number of aryl methyl sites for hydroxylation is 2. The Hall–Kier alpha value is -2.32. The Morgan fingerprint density at radius 2 is 0.970 bits per heavy atom. The summed E-state index contributed by atoms with van der Waals surface area (Å²) in [7, 11) is 0. The van der Waals surface area contributed by atoms with E-state index in [1.54, 1.807) is 0 Å². The third kappa shape index (κ3) is 5.61. The van der Waals surface area contributed by atoms with Gasteiger partial charge in [0, 0.05) is 37.6 Å². The molecule has 0 bridgehead atoms. The highest BCUT2D eigenvalue weighted by molar-refractivity contribution is 5.59. The molecule has 2 aromatic rings. The van der Waals surface area contributed by atoms with Crippen molar-refractivity contribution in [2.75, 3.05) is 62.4 Å². The minimum absolute atomic E-state index is 0.345. The van der Waals surface area contributed by atoms with E-state index >= 15 is 0 Å². The highest BCUT2D eigenvalue weighted by Crippen LogP contribution is 2.33. The Labute approximate surface area is 195 Å². The maximum Gasteiger partial charge on any atom is 0.127 e. The number of hydrogen-bond donors (Lipinski definition) is 0. The first-order valence-electron chi connectivity index (χ1n) is 12.0. The molecular weight excluding hydrogens is 420 g/mol. The molecule has 0 spiro atoms. The van der Waals surface area contributed by atoms with Crippen molar-refractivity contribution in [1.82, 2.24) is 0 Å². The maximum absolute atomic E-state index is 6.25. The zero-order valence-corrected chi connectivity index (χ0v) is 19.4. The summed E-state index contributed by atoms with van der Waals surface area (Å²) in [6.45, 7) is 11.4. The van der Waals surface area contributed by atoms with Crippen molar-refractivity contribution < 1.29 is 23.7 Å². The van der Waals surface area contributed by atoms with Crippen molar-refractivity contribution in [2.24, 2.45) is 0 Å². The molecule has 4 aliphatic heterocycles. The predicted molar refractivity (Wildman–Crippen MR) is 126 cm³/mol. The van der Waals surface area contributed by atoms with Crippen LogP contribution in [0.25, 0.3) is 0 Å². The number of benzene rings is 2. The van der Waals surface area contributed by atoms with Crippen LogP contribution in [-0.2, 0) is 18.9 Å².